The molecule has 0 saturated heterocycles. The van der Waals surface area contributed by atoms with Crippen molar-refractivity contribution < 1.29 is 4.74 Å². The summed E-state index contributed by atoms with van der Waals surface area (Å²) in [5.74, 6) is 2.38. The summed E-state index contributed by atoms with van der Waals surface area (Å²) in [6.07, 6.45) is 0. The van der Waals surface area contributed by atoms with Crippen molar-refractivity contribution >= 4 is 17.4 Å². The van der Waals surface area contributed by atoms with E-state index in [4.69, 9.17) is 22.1 Å². The zero-order valence-electron chi connectivity index (χ0n) is 11.1. The first-order valence-corrected chi connectivity index (χ1v) is 6.42. The zero-order chi connectivity index (χ0) is 14.0. The first-order valence-electron chi connectivity index (χ1n) is 6.04. The molecule has 0 aliphatic carbocycles. The van der Waals surface area contributed by atoms with Crippen LogP contribution in [0.5, 0.6) is 11.6 Å². The zero-order valence-corrected chi connectivity index (χ0v) is 11.9. The van der Waals surface area contributed by atoms with E-state index in [2.05, 4.69) is 9.97 Å². The van der Waals surface area contributed by atoms with Crippen molar-refractivity contribution in [3.05, 3.63) is 40.7 Å². The number of rotatable bonds is 3. The maximum absolute atomic E-state index is 5.97. The van der Waals surface area contributed by atoms with Crippen molar-refractivity contribution in [3.8, 4) is 11.6 Å². The third kappa shape index (κ3) is 3.35. The van der Waals surface area contributed by atoms with Crippen LogP contribution in [-0.4, -0.2) is 9.97 Å². The van der Waals surface area contributed by atoms with E-state index in [1.807, 2.05) is 26.8 Å². The largest absolute Gasteiger partial charge is 0.439 e. The second-order valence-corrected chi connectivity index (χ2v) is 5.06. The van der Waals surface area contributed by atoms with Gasteiger partial charge in [0.25, 0.3) is 0 Å². The van der Waals surface area contributed by atoms with Gasteiger partial charge in [-0.25, -0.2) is 4.98 Å². The maximum Gasteiger partial charge on any atom is 0.224 e. The topological polar surface area (TPSA) is 61.0 Å². The molecule has 0 unspecified atom stereocenters. The molecule has 0 atom stereocenters. The number of nitrogens with zero attached hydrogens (tertiary/aromatic N) is 2. The molecule has 1 heterocycles. The van der Waals surface area contributed by atoms with Crippen LogP contribution in [0.4, 0.5) is 5.82 Å². The van der Waals surface area contributed by atoms with Crippen molar-refractivity contribution in [1.29, 1.82) is 0 Å². The van der Waals surface area contributed by atoms with Crippen LogP contribution in [0.2, 0.25) is 5.02 Å². The Kier molecular flexibility index (Phi) is 3.90. The number of ether oxygens (including phenoxy) is 1. The van der Waals surface area contributed by atoms with Gasteiger partial charge in [-0.1, -0.05) is 25.4 Å². The van der Waals surface area contributed by atoms with Gasteiger partial charge in [0.15, 0.2) is 0 Å². The van der Waals surface area contributed by atoms with Crippen LogP contribution in [-0.2, 0) is 0 Å². The molecule has 2 aromatic rings. The SMILES string of the molecule is Cc1cc(Oc2cc(N)nc(C(C)C)n2)ccc1Cl. The first-order chi connectivity index (χ1) is 8.95. The van der Waals surface area contributed by atoms with E-state index in [0.29, 0.717) is 28.3 Å². The average molecular weight is 278 g/mol. The number of anilines is 1. The molecule has 1 aromatic carbocycles. The molecule has 0 amide bonds. The second-order valence-electron chi connectivity index (χ2n) is 4.66. The lowest BCUT2D eigenvalue weighted by Gasteiger charge is -2.10. The van der Waals surface area contributed by atoms with Gasteiger partial charge >= 0.3 is 0 Å². The Morgan fingerprint density at radius 1 is 1.21 bits per heavy atom. The molecule has 1 aromatic heterocycles. The van der Waals surface area contributed by atoms with Crippen molar-refractivity contribution in [1.82, 2.24) is 9.97 Å². The smallest absolute Gasteiger partial charge is 0.224 e. The van der Waals surface area contributed by atoms with Crippen molar-refractivity contribution in [2.45, 2.75) is 26.7 Å². The van der Waals surface area contributed by atoms with Crippen molar-refractivity contribution in [2.75, 3.05) is 5.73 Å². The summed E-state index contributed by atoms with van der Waals surface area (Å²) >= 11 is 5.97. The van der Waals surface area contributed by atoms with E-state index in [1.165, 1.54) is 0 Å². The molecule has 0 radical (unpaired) electrons. The van der Waals surface area contributed by atoms with Gasteiger partial charge in [0.2, 0.25) is 5.88 Å². The summed E-state index contributed by atoms with van der Waals surface area (Å²) in [5, 5.41) is 0.706. The number of hydrogen-bond acceptors (Lipinski definition) is 4. The normalized spacial score (nSPS) is 10.8. The second kappa shape index (κ2) is 5.45. The number of nitrogens with two attached hydrogens (primary N) is 1. The molecule has 0 spiro atoms. The number of halogens is 1. The van der Waals surface area contributed by atoms with E-state index in [0.717, 1.165) is 5.56 Å². The van der Waals surface area contributed by atoms with Crippen LogP contribution in [0, 0.1) is 6.92 Å². The van der Waals surface area contributed by atoms with Gasteiger partial charge in [-0.2, -0.15) is 4.98 Å². The van der Waals surface area contributed by atoms with Gasteiger partial charge in [0.05, 0.1) is 0 Å². The molecule has 0 fully saturated rings. The molecule has 2 N–H and O–H groups in total. The lowest BCUT2D eigenvalue weighted by atomic mass is 10.2. The minimum atomic E-state index is 0.192. The minimum Gasteiger partial charge on any atom is -0.439 e. The molecule has 2 rings (SSSR count). The van der Waals surface area contributed by atoms with Crippen LogP contribution in [0.3, 0.4) is 0 Å². The standard InChI is InChI=1S/C14H16ClN3O/c1-8(2)14-17-12(16)7-13(18-14)19-10-4-5-11(15)9(3)6-10/h4-8H,1-3H3,(H2,16,17,18). The Balaban J connectivity index is 2.29. The molecule has 0 bridgehead atoms. The average Bonchev–Trinajstić information content (AvgIpc) is 2.33. The highest BCUT2D eigenvalue weighted by atomic mass is 35.5. The number of benzene rings is 1. The predicted molar refractivity (Wildman–Crippen MR) is 76.8 cm³/mol. The monoisotopic (exact) mass is 277 g/mol. The van der Waals surface area contributed by atoms with Gasteiger partial charge in [0.1, 0.15) is 17.4 Å². The number of hydrogen-bond donors (Lipinski definition) is 1. The van der Waals surface area contributed by atoms with Gasteiger partial charge < -0.3 is 10.5 Å². The van der Waals surface area contributed by atoms with Crippen LogP contribution in [0.25, 0.3) is 0 Å². The highest BCUT2D eigenvalue weighted by Crippen LogP contribution is 2.26. The van der Waals surface area contributed by atoms with E-state index in [1.54, 1.807) is 18.2 Å². The maximum atomic E-state index is 5.97. The van der Waals surface area contributed by atoms with Crippen LogP contribution < -0.4 is 10.5 Å². The lowest BCUT2D eigenvalue weighted by Crippen LogP contribution is -2.03. The number of aromatic nitrogens is 2. The molecule has 0 aliphatic heterocycles. The van der Waals surface area contributed by atoms with Crippen molar-refractivity contribution in [2.24, 2.45) is 0 Å². The summed E-state index contributed by atoms with van der Waals surface area (Å²) < 4.78 is 5.70. The molecule has 5 heteroatoms. The predicted octanol–water partition coefficient (Wildman–Crippen LogP) is 3.94. The summed E-state index contributed by atoms with van der Waals surface area (Å²) in [6.45, 7) is 5.93. The molecular weight excluding hydrogens is 262 g/mol. The molecule has 19 heavy (non-hydrogen) atoms. The van der Waals surface area contributed by atoms with Crippen LogP contribution in [0.1, 0.15) is 31.2 Å². The number of nitrogen functional groups attached to an aromatic ring is 1. The molecular formula is C14H16ClN3O. The fourth-order valence-corrected chi connectivity index (χ4v) is 1.69. The lowest BCUT2D eigenvalue weighted by molar-refractivity contribution is 0.457. The van der Waals surface area contributed by atoms with Gasteiger partial charge in [-0.3, -0.25) is 0 Å². The Morgan fingerprint density at radius 2 is 1.95 bits per heavy atom. The third-order valence-electron chi connectivity index (χ3n) is 2.61. The van der Waals surface area contributed by atoms with Gasteiger partial charge in [-0.15, -0.1) is 0 Å². The summed E-state index contributed by atoms with van der Waals surface area (Å²) in [5.41, 5.74) is 6.70. The quantitative estimate of drug-likeness (QED) is 0.923. The van der Waals surface area contributed by atoms with Gasteiger partial charge in [-0.05, 0) is 30.7 Å². The molecule has 0 saturated carbocycles. The van der Waals surface area contributed by atoms with Gasteiger partial charge in [0, 0.05) is 17.0 Å². The third-order valence-corrected chi connectivity index (χ3v) is 3.03. The Morgan fingerprint density at radius 3 is 2.58 bits per heavy atom. The van der Waals surface area contributed by atoms with E-state index in [-0.39, 0.29) is 5.92 Å². The first kappa shape index (κ1) is 13.6. The Labute approximate surface area is 117 Å². The van der Waals surface area contributed by atoms with E-state index < -0.39 is 0 Å². The molecule has 100 valence electrons. The summed E-state index contributed by atoms with van der Waals surface area (Å²) in [7, 11) is 0. The Hall–Kier alpha value is -1.81. The summed E-state index contributed by atoms with van der Waals surface area (Å²) in [6, 6.07) is 7.05. The fourth-order valence-electron chi connectivity index (χ4n) is 1.57. The van der Waals surface area contributed by atoms with Crippen molar-refractivity contribution in [3.63, 3.8) is 0 Å². The fraction of sp³-hybridized carbons (Fsp3) is 0.286. The molecule has 4 nitrogen and oxygen atoms in total. The minimum absolute atomic E-state index is 0.192. The summed E-state index contributed by atoms with van der Waals surface area (Å²) in [4.78, 5) is 8.51. The van der Waals surface area contributed by atoms with Crippen LogP contribution in [0.15, 0.2) is 24.3 Å². The van der Waals surface area contributed by atoms with E-state index >= 15 is 0 Å². The highest BCUT2D eigenvalue weighted by Gasteiger charge is 2.08. The van der Waals surface area contributed by atoms with E-state index in [9.17, 15) is 0 Å². The number of aryl methyl sites for hydroxylation is 1. The van der Waals surface area contributed by atoms with Crippen LogP contribution >= 0.6 is 11.6 Å². The Bertz CT molecular complexity index is 599. The molecule has 0 aliphatic rings. The highest BCUT2D eigenvalue weighted by molar-refractivity contribution is 6.31.